The van der Waals surface area contributed by atoms with Crippen molar-refractivity contribution in [2.24, 2.45) is 0 Å². The number of rotatable bonds is 2. The monoisotopic (exact) mass is 296 g/mol. The summed E-state index contributed by atoms with van der Waals surface area (Å²) in [4.78, 5) is 15.5. The summed E-state index contributed by atoms with van der Waals surface area (Å²) in [5, 5.41) is 0. The lowest BCUT2D eigenvalue weighted by Crippen LogP contribution is -1.84. The number of aromatic nitrogens is 3. The van der Waals surface area contributed by atoms with Crippen LogP contribution < -0.4 is 0 Å². The maximum absolute atomic E-state index is 7.21. The molecule has 1 N–H and O–H groups in total. The van der Waals surface area contributed by atoms with Crippen molar-refractivity contribution in [2.45, 2.75) is 0 Å². The first-order chi connectivity index (χ1) is 11.4. The van der Waals surface area contributed by atoms with Crippen LogP contribution in [0.5, 0.6) is 0 Å². The number of hydrogen-bond donors (Lipinski definition) is 1. The van der Waals surface area contributed by atoms with Crippen LogP contribution in [-0.4, -0.2) is 15.0 Å². The summed E-state index contributed by atoms with van der Waals surface area (Å²) in [6, 6.07) is 17.7. The van der Waals surface area contributed by atoms with Gasteiger partial charge >= 0.3 is 0 Å². The van der Waals surface area contributed by atoms with Gasteiger partial charge < -0.3 is 9.83 Å². The number of H-pyrrole nitrogens is 1. The Balaban J connectivity index is 2.09. The van der Waals surface area contributed by atoms with E-state index in [4.69, 9.17) is 6.57 Å². The van der Waals surface area contributed by atoms with Gasteiger partial charge in [0.1, 0.15) is 0 Å². The highest BCUT2D eigenvalue weighted by atomic mass is 14.9. The van der Waals surface area contributed by atoms with Crippen molar-refractivity contribution in [3.8, 4) is 22.4 Å². The summed E-state index contributed by atoms with van der Waals surface area (Å²) >= 11 is 0. The summed E-state index contributed by atoms with van der Waals surface area (Å²) in [6.45, 7) is 7.21. The Labute approximate surface area is 133 Å². The third-order valence-corrected chi connectivity index (χ3v) is 3.77. The fourth-order valence-electron chi connectivity index (χ4n) is 2.74. The molecule has 4 heteroatoms. The van der Waals surface area contributed by atoms with Crippen molar-refractivity contribution in [1.82, 2.24) is 15.0 Å². The van der Waals surface area contributed by atoms with Crippen LogP contribution in [-0.2, 0) is 0 Å². The maximum Gasteiger partial charge on any atom is 0.270 e. The summed E-state index contributed by atoms with van der Waals surface area (Å²) in [5.41, 5.74) is 5.85. The third kappa shape index (κ3) is 2.25. The molecule has 0 spiro atoms. The van der Waals surface area contributed by atoms with Crippen LogP contribution in [0, 0.1) is 6.57 Å². The Morgan fingerprint density at radius 3 is 2.39 bits per heavy atom. The third-order valence-electron chi connectivity index (χ3n) is 3.77. The molecule has 1 aromatic carbocycles. The van der Waals surface area contributed by atoms with Gasteiger partial charge in [-0.05, 0) is 29.8 Å². The Morgan fingerprint density at radius 2 is 1.65 bits per heavy atom. The van der Waals surface area contributed by atoms with E-state index in [1.165, 1.54) is 0 Å². The quantitative estimate of drug-likeness (QED) is 0.538. The van der Waals surface area contributed by atoms with Crippen LogP contribution in [0.3, 0.4) is 0 Å². The number of hydrogen-bond acceptors (Lipinski definition) is 2. The lowest BCUT2D eigenvalue weighted by molar-refractivity contribution is 1.32. The van der Waals surface area contributed by atoms with E-state index in [-0.39, 0.29) is 0 Å². The van der Waals surface area contributed by atoms with Gasteiger partial charge in [0, 0.05) is 18.0 Å². The Bertz CT molecular complexity index is 1010. The van der Waals surface area contributed by atoms with Gasteiger partial charge in [-0.2, -0.15) is 0 Å². The molecule has 23 heavy (non-hydrogen) atoms. The Kier molecular flexibility index (Phi) is 3.10. The molecule has 0 fully saturated rings. The molecule has 0 aliphatic heterocycles. The average molecular weight is 296 g/mol. The molecule has 0 unspecified atom stereocenters. The van der Waals surface area contributed by atoms with Crippen LogP contribution in [0.1, 0.15) is 0 Å². The van der Waals surface area contributed by atoms with Gasteiger partial charge in [-0.1, -0.05) is 36.9 Å². The van der Waals surface area contributed by atoms with Crippen LogP contribution >= 0.6 is 0 Å². The van der Waals surface area contributed by atoms with Crippen molar-refractivity contribution < 1.29 is 0 Å². The van der Waals surface area contributed by atoms with Gasteiger partial charge in [0.05, 0.1) is 16.8 Å². The van der Waals surface area contributed by atoms with E-state index in [0.29, 0.717) is 5.82 Å². The molecule has 4 rings (SSSR count). The summed E-state index contributed by atoms with van der Waals surface area (Å²) < 4.78 is 0. The van der Waals surface area contributed by atoms with Crippen LogP contribution in [0.15, 0.2) is 67.0 Å². The second kappa shape index (κ2) is 5.39. The van der Waals surface area contributed by atoms with Crippen LogP contribution in [0.4, 0.5) is 5.82 Å². The Hall–Kier alpha value is -3.45. The fraction of sp³-hybridized carbons (Fsp3) is 0. The molecule has 0 amide bonds. The topological polar surface area (TPSA) is 45.9 Å². The fourth-order valence-corrected chi connectivity index (χ4v) is 2.74. The number of nitrogens with zero attached hydrogens (tertiary/aromatic N) is 3. The zero-order valence-electron chi connectivity index (χ0n) is 12.2. The van der Waals surface area contributed by atoms with Gasteiger partial charge in [-0.25, -0.2) is 0 Å². The van der Waals surface area contributed by atoms with Crippen LogP contribution in [0.2, 0.25) is 0 Å². The predicted octanol–water partition coefficient (Wildman–Crippen LogP) is 4.84. The van der Waals surface area contributed by atoms with E-state index in [2.05, 4.69) is 31.9 Å². The lowest BCUT2D eigenvalue weighted by atomic mass is 10.0. The molecule has 4 aromatic rings. The van der Waals surface area contributed by atoms with E-state index in [0.717, 1.165) is 33.4 Å². The largest absolute Gasteiger partial charge is 0.361 e. The minimum absolute atomic E-state index is 0.398. The van der Waals surface area contributed by atoms with E-state index >= 15 is 0 Å². The van der Waals surface area contributed by atoms with Crippen molar-refractivity contribution in [3.05, 3.63) is 78.4 Å². The van der Waals surface area contributed by atoms with Gasteiger partial charge in [-0.3, -0.25) is 4.98 Å². The molecule has 0 bridgehead atoms. The van der Waals surface area contributed by atoms with Crippen molar-refractivity contribution in [2.75, 3.05) is 0 Å². The number of aromatic amines is 1. The Morgan fingerprint density at radius 1 is 0.870 bits per heavy atom. The van der Waals surface area contributed by atoms with Crippen molar-refractivity contribution >= 4 is 16.9 Å². The molecule has 0 aliphatic carbocycles. The first-order valence-electron chi connectivity index (χ1n) is 7.23. The SMILES string of the molecule is [C-]#[N+]c1ccc2[nH]c(-c3ccncc3)c(-c3ccccc3)c2n1. The number of fused-ring (bicyclic) bond motifs is 1. The first kappa shape index (κ1) is 13.2. The molecular weight excluding hydrogens is 284 g/mol. The molecule has 0 saturated heterocycles. The molecule has 3 aromatic heterocycles. The zero-order valence-corrected chi connectivity index (χ0v) is 12.2. The summed E-state index contributed by atoms with van der Waals surface area (Å²) in [6.07, 6.45) is 3.54. The molecule has 0 saturated carbocycles. The van der Waals surface area contributed by atoms with E-state index in [1.54, 1.807) is 18.5 Å². The zero-order chi connectivity index (χ0) is 15.6. The van der Waals surface area contributed by atoms with Crippen LogP contribution in [0.25, 0.3) is 38.3 Å². The van der Waals surface area contributed by atoms with Crippen molar-refractivity contribution in [1.29, 1.82) is 0 Å². The molecule has 0 atom stereocenters. The van der Waals surface area contributed by atoms with Gasteiger partial charge in [0.2, 0.25) is 0 Å². The molecular formula is C19H12N4. The normalized spacial score (nSPS) is 10.6. The highest BCUT2D eigenvalue weighted by Gasteiger charge is 2.18. The molecule has 3 heterocycles. The van der Waals surface area contributed by atoms with Gasteiger partial charge in [0.15, 0.2) is 5.52 Å². The molecule has 0 aliphatic rings. The van der Waals surface area contributed by atoms with E-state index in [9.17, 15) is 0 Å². The molecule has 108 valence electrons. The van der Waals surface area contributed by atoms with E-state index in [1.807, 2.05) is 36.4 Å². The number of pyridine rings is 2. The van der Waals surface area contributed by atoms with E-state index < -0.39 is 0 Å². The summed E-state index contributed by atoms with van der Waals surface area (Å²) in [7, 11) is 0. The lowest BCUT2D eigenvalue weighted by Gasteiger charge is -2.03. The second-order valence-electron chi connectivity index (χ2n) is 5.15. The summed E-state index contributed by atoms with van der Waals surface area (Å²) in [5.74, 6) is 0.398. The standard InChI is InChI=1S/C19H12N4/c1-20-16-8-7-15-19(23-16)17(13-5-3-2-4-6-13)18(22-15)14-9-11-21-12-10-14/h2-12,22H. The second-order valence-corrected chi connectivity index (χ2v) is 5.15. The highest BCUT2D eigenvalue weighted by molar-refractivity contribution is 6.02. The first-order valence-corrected chi connectivity index (χ1v) is 7.23. The van der Waals surface area contributed by atoms with Crippen molar-refractivity contribution in [3.63, 3.8) is 0 Å². The van der Waals surface area contributed by atoms with Gasteiger partial charge in [-0.15, -0.1) is 4.98 Å². The highest BCUT2D eigenvalue weighted by Crippen LogP contribution is 2.37. The van der Waals surface area contributed by atoms with Gasteiger partial charge in [0.25, 0.3) is 5.82 Å². The number of benzene rings is 1. The minimum Gasteiger partial charge on any atom is -0.361 e. The molecule has 4 nitrogen and oxygen atoms in total. The maximum atomic E-state index is 7.21. The minimum atomic E-state index is 0.398. The predicted molar refractivity (Wildman–Crippen MR) is 91.0 cm³/mol. The average Bonchev–Trinajstić information content (AvgIpc) is 3.01. The smallest absolute Gasteiger partial charge is 0.270 e. The number of nitrogens with one attached hydrogen (secondary N) is 1. The molecule has 0 radical (unpaired) electrons.